The van der Waals surface area contributed by atoms with Crippen LogP contribution in [-0.2, 0) is 22.6 Å². The lowest BCUT2D eigenvalue weighted by molar-refractivity contribution is 0.0348. The van der Waals surface area contributed by atoms with E-state index in [1.54, 1.807) is 0 Å². The highest BCUT2D eigenvalue weighted by Gasteiger charge is 2.07. The van der Waals surface area contributed by atoms with Crippen LogP contribution < -0.4 is 5.32 Å². The van der Waals surface area contributed by atoms with E-state index in [9.17, 15) is 0 Å². The van der Waals surface area contributed by atoms with E-state index < -0.39 is 0 Å². The predicted molar refractivity (Wildman–Crippen MR) is 80.8 cm³/mol. The molecule has 1 heterocycles. The van der Waals surface area contributed by atoms with Gasteiger partial charge < -0.3 is 19.2 Å². The topological polar surface area (TPSA) is 43.6 Å². The molecule has 1 rings (SSSR count). The molecule has 0 spiro atoms. The van der Waals surface area contributed by atoms with Crippen LogP contribution in [0.3, 0.4) is 0 Å². The second kappa shape index (κ2) is 9.97. The van der Waals surface area contributed by atoms with Crippen LogP contribution in [-0.4, -0.2) is 26.4 Å². The lowest BCUT2D eigenvalue weighted by Crippen LogP contribution is -2.18. The molecule has 0 aromatic carbocycles. The first kappa shape index (κ1) is 17.2. The maximum Gasteiger partial charge on any atom is 0.130 e. The first-order chi connectivity index (χ1) is 9.63. The van der Waals surface area contributed by atoms with Crippen molar-refractivity contribution in [1.29, 1.82) is 0 Å². The maximum absolute atomic E-state index is 5.69. The molecule has 1 aromatic heterocycles. The summed E-state index contributed by atoms with van der Waals surface area (Å²) in [6.45, 7) is 13.0. The number of furan rings is 1. The van der Waals surface area contributed by atoms with Gasteiger partial charge in [-0.25, -0.2) is 0 Å². The maximum atomic E-state index is 5.69. The first-order valence-corrected chi connectivity index (χ1v) is 7.57. The molecule has 116 valence electrons. The van der Waals surface area contributed by atoms with Crippen molar-refractivity contribution < 1.29 is 13.9 Å². The summed E-state index contributed by atoms with van der Waals surface area (Å²) in [6.07, 6.45) is 1.05. The normalized spacial score (nSPS) is 11.4. The van der Waals surface area contributed by atoms with Crippen LogP contribution in [0.5, 0.6) is 0 Å². The number of hydrogen-bond donors (Lipinski definition) is 1. The standard InChI is InChI=1S/C16H29NO3/c1-5-6-18-7-8-19-12-16-9-15(14(4)20-16)11-17-10-13(2)3/h9,13,17H,5-8,10-12H2,1-4H3. The largest absolute Gasteiger partial charge is 0.464 e. The van der Waals surface area contributed by atoms with Gasteiger partial charge in [0, 0.05) is 18.7 Å². The number of rotatable bonds is 11. The highest BCUT2D eigenvalue weighted by molar-refractivity contribution is 5.20. The molecule has 0 amide bonds. The van der Waals surface area contributed by atoms with Crippen molar-refractivity contribution in [2.75, 3.05) is 26.4 Å². The van der Waals surface area contributed by atoms with E-state index in [0.29, 0.717) is 25.7 Å². The molecule has 0 aliphatic heterocycles. The Labute approximate surface area is 122 Å². The van der Waals surface area contributed by atoms with Crippen LogP contribution in [0, 0.1) is 12.8 Å². The van der Waals surface area contributed by atoms with Gasteiger partial charge in [0.05, 0.1) is 13.2 Å². The van der Waals surface area contributed by atoms with E-state index in [0.717, 1.165) is 37.6 Å². The summed E-state index contributed by atoms with van der Waals surface area (Å²) in [4.78, 5) is 0. The van der Waals surface area contributed by atoms with Crippen LogP contribution in [0.2, 0.25) is 0 Å². The second-order valence-corrected chi connectivity index (χ2v) is 5.48. The molecule has 0 unspecified atom stereocenters. The molecule has 0 atom stereocenters. The lowest BCUT2D eigenvalue weighted by atomic mass is 10.2. The molecule has 1 N–H and O–H groups in total. The number of hydrogen-bond acceptors (Lipinski definition) is 4. The SMILES string of the molecule is CCCOCCOCc1cc(CNCC(C)C)c(C)o1. The van der Waals surface area contributed by atoms with E-state index in [-0.39, 0.29) is 0 Å². The van der Waals surface area contributed by atoms with Crippen LogP contribution >= 0.6 is 0 Å². The minimum Gasteiger partial charge on any atom is -0.464 e. The van der Waals surface area contributed by atoms with Gasteiger partial charge in [-0.1, -0.05) is 20.8 Å². The third-order valence-electron chi connectivity index (χ3n) is 2.90. The fourth-order valence-corrected chi connectivity index (χ4v) is 1.87. The molecule has 0 fully saturated rings. The van der Waals surface area contributed by atoms with Gasteiger partial charge in [0.2, 0.25) is 0 Å². The van der Waals surface area contributed by atoms with Crippen molar-refractivity contribution in [1.82, 2.24) is 5.32 Å². The highest BCUT2D eigenvalue weighted by Crippen LogP contribution is 2.15. The zero-order valence-electron chi connectivity index (χ0n) is 13.3. The Bertz CT molecular complexity index is 361. The summed E-state index contributed by atoms with van der Waals surface area (Å²) >= 11 is 0. The van der Waals surface area contributed by atoms with Gasteiger partial charge >= 0.3 is 0 Å². The zero-order valence-corrected chi connectivity index (χ0v) is 13.3. The Hall–Kier alpha value is -0.840. The molecule has 0 radical (unpaired) electrons. The van der Waals surface area contributed by atoms with Crippen molar-refractivity contribution in [3.8, 4) is 0 Å². The van der Waals surface area contributed by atoms with E-state index in [4.69, 9.17) is 13.9 Å². The molecule has 0 saturated carbocycles. The van der Waals surface area contributed by atoms with Crippen molar-refractivity contribution in [2.45, 2.75) is 47.3 Å². The van der Waals surface area contributed by atoms with E-state index >= 15 is 0 Å². The fraction of sp³-hybridized carbons (Fsp3) is 0.750. The van der Waals surface area contributed by atoms with Crippen LogP contribution in [0.4, 0.5) is 0 Å². The van der Waals surface area contributed by atoms with Gasteiger partial charge in [-0.15, -0.1) is 0 Å². The number of ether oxygens (including phenoxy) is 2. The highest BCUT2D eigenvalue weighted by atomic mass is 16.5. The quantitative estimate of drug-likeness (QED) is 0.633. The molecule has 4 nitrogen and oxygen atoms in total. The fourth-order valence-electron chi connectivity index (χ4n) is 1.87. The summed E-state index contributed by atoms with van der Waals surface area (Å²) in [5.74, 6) is 2.52. The van der Waals surface area contributed by atoms with E-state index in [2.05, 4.69) is 32.2 Å². The molecule has 20 heavy (non-hydrogen) atoms. The molecular formula is C16H29NO3. The average Bonchev–Trinajstić information content (AvgIpc) is 2.74. The molecule has 0 aliphatic carbocycles. The summed E-state index contributed by atoms with van der Waals surface area (Å²) in [7, 11) is 0. The zero-order chi connectivity index (χ0) is 14.8. The van der Waals surface area contributed by atoms with Gasteiger partial charge in [0.25, 0.3) is 0 Å². The molecule has 0 bridgehead atoms. The van der Waals surface area contributed by atoms with Crippen LogP contribution in [0.15, 0.2) is 10.5 Å². The third kappa shape index (κ3) is 7.08. The van der Waals surface area contributed by atoms with Gasteiger partial charge in [-0.3, -0.25) is 0 Å². The molecular weight excluding hydrogens is 254 g/mol. The number of nitrogens with one attached hydrogen (secondary N) is 1. The molecule has 0 aliphatic rings. The van der Waals surface area contributed by atoms with Gasteiger partial charge in [-0.2, -0.15) is 0 Å². The van der Waals surface area contributed by atoms with E-state index in [1.807, 2.05) is 6.92 Å². The van der Waals surface area contributed by atoms with Crippen molar-refractivity contribution in [2.24, 2.45) is 5.92 Å². The molecule has 0 saturated heterocycles. The molecule has 4 heteroatoms. The Morgan fingerprint density at radius 3 is 2.65 bits per heavy atom. The van der Waals surface area contributed by atoms with Crippen molar-refractivity contribution in [3.05, 3.63) is 23.2 Å². The minimum atomic E-state index is 0.514. The third-order valence-corrected chi connectivity index (χ3v) is 2.90. The summed E-state index contributed by atoms with van der Waals surface area (Å²) in [5.41, 5.74) is 1.21. The smallest absolute Gasteiger partial charge is 0.130 e. The van der Waals surface area contributed by atoms with Crippen LogP contribution in [0.1, 0.15) is 44.3 Å². The van der Waals surface area contributed by atoms with Crippen molar-refractivity contribution in [3.63, 3.8) is 0 Å². The first-order valence-electron chi connectivity index (χ1n) is 7.57. The van der Waals surface area contributed by atoms with Gasteiger partial charge in [0.1, 0.15) is 18.1 Å². The predicted octanol–water partition coefficient (Wildman–Crippen LogP) is 3.28. The lowest BCUT2D eigenvalue weighted by Gasteiger charge is -2.05. The second-order valence-electron chi connectivity index (χ2n) is 5.48. The number of aryl methyl sites for hydroxylation is 1. The Morgan fingerprint density at radius 2 is 1.95 bits per heavy atom. The van der Waals surface area contributed by atoms with E-state index in [1.165, 1.54) is 5.56 Å². The summed E-state index contributed by atoms with van der Waals surface area (Å²) < 4.78 is 16.6. The van der Waals surface area contributed by atoms with Gasteiger partial charge in [0.15, 0.2) is 0 Å². The van der Waals surface area contributed by atoms with Crippen molar-refractivity contribution >= 4 is 0 Å². The van der Waals surface area contributed by atoms with Gasteiger partial charge in [-0.05, 0) is 31.9 Å². The van der Waals surface area contributed by atoms with Crippen LogP contribution in [0.25, 0.3) is 0 Å². The Kier molecular flexibility index (Phi) is 8.58. The summed E-state index contributed by atoms with van der Waals surface area (Å²) in [6, 6.07) is 2.08. The minimum absolute atomic E-state index is 0.514. The monoisotopic (exact) mass is 283 g/mol. The average molecular weight is 283 g/mol. The molecule has 1 aromatic rings. The Morgan fingerprint density at radius 1 is 1.20 bits per heavy atom. The summed E-state index contributed by atoms with van der Waals surface area (Å²) in [5, 5.41) is 3.42. The Balaban J connectivity index is 2.23.